The maximum Gasteiger partial charge on any atom is 0.244 e. The van der Waals surface area contributed by atoms with Crippen LogP contribution in [0.1, 0.15) is 12.8 Å². The first-order valence-electron chi connectivity index (χ1n) is 6.43. The van der Waals surface area contributed by atoms with E-state index in [9.17, 15) is 4.79 Å². The van der Waals surface area contributed by atoms with E-state index in [0.717, 1.165) is 16.6 Å². The minimum absolute atomic E-state index is 0.135. The number of ether oxygens (including phenoxy) is 1. The Morgan fingerprint density at radius 2 is 2.11 bits per heavy atom. The first kappa shape index (κ1) is 12.2. The van der Waals surface area contributed by atoms with Crippen molar-refractivity contribution < 1.29 is 9.53 Å². The molecule has 1 saturated heterocycles. The van der Waals surface area contributed by atoms with Gasteiger partial charge >= 0.3 is 0 Å². The van der Waals surface area contributed by atoms with Crippen molar-refractivity contribution >= 4 is 22.5 Å². The Kier molecular flexibility index (Phi) is 3.00. The zero-order valence-corrected chi connectivity index (χ0v) is 10.6. The second-order valence-electron chi connectivity index (χ2n) is 4.97. The second kappa shape index (κ2) is 4.68. The maximum absolute atomic E-state index is 12.4. The summed E-state index contributed by atoms with van der Waals surface area (Å²) >= 11 is 0. The average molecular weight is 259 g/mol. The summed E-state index contributed by atoms with van der Waals surface area (Å²) in [6.45, 7) is 1.08. The normalized spacial score (nSPS) is 18.4. The summed E-state index contributed by atoms with van der Waals surface area (Å²) in [6.07, 6.45) is 2.97. The summed E-state index contributed by atoms with van der Waals surface area (Å²) in [5.41, 5.74) is 7.14. The van der Waals surface area contributed by atoms with Gasteiger partial charge in [-0.2, -0.15) is 0 Å². The number of nitrogens with one attached hydrogen (secondary N) is 2. The number of nitrogens with two attached hydrogens (primary N) is 1. The number of H-pyrrole nitrogens is 1. The smallest absolute Gasteiger partial charge is 0.244 e. The summed E-state index contributed by atoms with van der Waals surface area (Å²) in [5, 5.41) is 3.93. The number of amides is 1. The molecule has 3 rings (SSSR count). The predicted octanol–water partition coefficient (Wildman–Crippen LogP) is 1.61. The molecule has 1 aromatic heterocycles. The van der Waals surface area contributed by atoms with Crippen molar-refractivity contribution in [3.8, 4) is 0 Å². The van der Waals surface area contributed by atoms with E-state index in [0.29, 0.717) is 26.1 Å². The topological polar surface area (TPSA) is 80.1 Å². The molecule has 0 aliphatic carbocycles. The zero-order valence-electron chi connectivity index (χ0n) is 10.6. The highest BCUT2D eigenvalue weighted by Crippen LogP contribution is 2.25. The first-order valence-corrected chi connectivity index (χ1v) is 6.43. The lowest BCUT2D eigenvalue weighted by atomic mass is 9.90. The fourth-order valence-corrected chi connectivity index (χ4v) is 2.40. The van der Waals surface area contributed by atoms with Crippen LogP contribution in [0.25, 0.3) is 10.9 Å². The summed E-state index contributed by atoms with van der Waals surface area (Å²) in [6, 6.07) is 7.70. The van der Waals surface area contributed by atoms with E-state index in [2.05, 4.69) is 10.3 Å². The number of aromatic amines is 1. The maximum atomic E-state index is 12.4. The van der Waals surface area contributed by atoms with Crippen molar-refractivity contribution in [1.82, 2.24) is 4.98 Å². The van der Waals surface area contributed by atoms with E-state index in [-0.39, 0.29) is 5.91 Å². The Morgan fingerprint density at radius 1 is 1.32 bits per heavy atom. The number of fused-ring (bicyclic) bond motifs is 1. The molecule has 0 spiro atoms. The molecule has 0 unspecified atom stereocenters. The van der Waals surface area contributed by atoms with Gasteiger partial charge in [0.2, 0.25) is 5.91 Å². The van der Waals surface area contributed by atoms with Gasteiger partial charge in [-0.05, 0) is 31.0 Å². The van der Waals surface area contributed by atoms with Crippen molar-refractivity contribution in [2.45, 2.75) is 18.4 Å². The van der Waals surface area contributed by atoms with Gasteiger partial charge in [0.1, 0.15) is 5.54 Å². The first-order chi connectivity index (χ1) is 9.19. The van der Waals surface area contributed by atoms with Crippen LogP contribution in [0.3, 0.4) is 0 Å². The summed E-state index contributed by atoms with van der Waals surface area (Å²) < 4.78 is 5.26. The van der Waals surface area contributed by atoms with Gasteiger partial charge in [0.25, 0.3) is 0 Å². The third kappa shape index (κ3) is 2.22. The molecule has 0 radical (unpaired) electrons. The molecule has 19 heavy (non-hydrogen) atoms. The molecular weight excluding hydrogens is 242 g/mol. The van der Waals surface area contributed by atoms with Crippen molar-refractivity contribution in [2.75, 3.05) is 18.5 Å². The van der Waals surface area contributed by atoms with Crippen molar-refractivity contribution in [2.24, 2.45) is 5.73 Å². The molecule has 5 heteroatoms. The Balaban J connectivity index is 1.84. The highest BCUT2D eigenvalue weighted by atomic mass is 16.5. The van der Waals surface area contributed by atoms with Gasteiger partial charge in [-0.1, -0.05) is 6.07 Å². The summed E-state index contributed by atoms with van der Waals surface area (Å²) in [5.74, 6) is -0.135. The van der Waals surface area contributed by atoms with E-state index < -0.39 is 5.54 Å². The Morgan fingerprint density at radius 3 is 2.89 bits per heavy atom. The Hall–Kier alpha value is -1.85. The fourth-order valence-electron chi connectivity index (χ4n) is 2.40. The van der Waals surface area contributed by atoms with Gasteiger partial charge in [-0.3, -0.25) is 4.79 Å². The van der Waals surface area contributed by atoms with E-state index in [1.165, 1.54) is 0 Å². The molecule has 5 nitrogen and oxygen atoms in total. The van der Waals surface area contributed by atoms with E-state index >= 15 is 0 Å². The molecule has 1 aliphatic heterocycles. The largest absolute Gasteiger partial charge is 0.381 e. The molecule has 1 amide bonds. The number of carbonyl (C=O) groups is 1. The lowest BCUT2D eigenvalue weighted by molar-refractivity contribution is -0.124. The van der Waals surface area contributed by atoms with Gasteiger partial charge in [-0.15, -0.1) is 0 Å². The number of anilines is 1. The van der Waals surface area contributed by atoms with E-state index in [1.54, 1.807) is 0 Å². The highest BCUT2D eigenvalue weighted by Gasteiger charge is 2.36. The van der Waals surface area contributed by atoms with Crippen molar-refractivity contribution in [3.63, 3.8) is 0 Å². The number of carbonyl (C=O) groups excluding carboxylic acids is 1. The van der Waals surface area contributed by atoms with Crippen LogP contribution in [0.2, 0.25) is 0 Å². The SMILES string of the molecule is NC1(C(=O)Nc2cccc3[nH]ccc23)CCOCC1. The molecule has 100 valence electrons. The van der Waals surface area contributed by atoms with Crippen molar-refractivity contribution in [1.29, 1.82) is 0 Å². The molecule has 1 fully saturated rings. The van der Waals surface area contributed by atoms with Crippen LogP contribution in [0.4, 0.5) is 5.69 Å². The summed E-state index contributed by atoms with van der Waals surface area (Å²) in [4.78, 5) is 15.5. The van der Waals surface area contributed by atoms with Crippen LogP contribution < -0.4 is 11.1 Å². The third-order valence-corrected chi connectivity index (χ3v) is 3.68. The number of benzene rings is 1. The molecule has 2 aromatic rings. The monoisotopic (exact) mass is 259 g/mol. The highest BCUT2D eigenvalue weighted by molar-refractivity contribution is 6.04. The molecule has 0 saturated carbocycles. The summed E-state index contributed by atoms with van der Waals surface area (Å²) in [7, 11) is 0. The molecule has 2 heterocycles. The molecule has 0 atom stereocenters. The van der Waals surface area contributed by atoms with Crippen molar-refractivity contribution in [3.05, 3.63) is 30.5 Å². The molecule has 4 N–H and O–H groups in total. The van der Waals surface area contributed by atoms with Crippen LogP contribution in [-0.4, -0.2) is 29.6 Å². The minimum Gasteiger partial charge on any atom is -0.381 e. The second-order valence-corrected chi connectivity index (χ2v) is 4.97. The number of aromatic nitrogens is 1. The number of rotatable bonds is 2. The average Bonchev–Trinajstić information content (AvgIpc) is 2.89. The Labute approximate surface area is 111 Å². The van der Waals surface area contributed by atoms with Crippen LogP contribution >= 0.6 is 0 Å². The van der Waals surface area contributed by atoms with Gasteiger partial charge in [0, 0.05) is 30.3 Å². The quantitative estimate of drug-likeness (QED) is 0.766. The Bertz CT molecular complexity index is 600. The van der Waals surface area contributed by atoms with Crippen LogP contribution in [0.5, 0.6) is 0 Å². The van der Waals surface area contributed by atoms with Gasteiger partial charge in [-0.25, -0.2) is 0 Å². The lowest BCUT2D eigenvalue weighted by Crippen LogP contribution is -2.54. The molecule has 0 bridgehead atoms. The van der Waals surface area contributed by atoms with Crippen LogP contribution in [0.15, 0.2) is 30.5 Å². The molecule has 1 aromatic carbocycles. The van der Waals surface area contributed by atoms with E-state index in [4.69, 9.17) is 10.5 Å². The fraction of sp³-hybridized carbons (Fsp3) is 0.357. The zero-order chi connectivity index (χ0) is 13.3. The number of hydrogen-bond donors (Lipinski definition) is 3. The van der Waals surface area contributed by atoms with Crippen LogP contribution in [0, 0.1) is 0 Å². The van der Waals surface area contributed by atoms with Crippen LogP contribution in [-0.2, 0) is 9.53 Å². The van der Waals surface area contributed by atoms with Gasteiger partial charge in [0.15, 0.2) is 0 Å². The standard InChI is InChI=1S/C14H17N3O2/c15-14(5-8-19-9-6-14)13(18)17-12-3-1-2-11-10(12)4-7-16-11/h1-4,7,16H,5-6,8-9,15H2,(H,17,18). The molecule has 1 aliphatic rings. The predicted molar refractivity (Wildman–Crippen MR) is 73.9 cm³/mol. The van der Waals surface area contributed by atoms with Gasteiger partial charge in [0.05, 0.1) is 5.69 Å². The number of hydrogen-bond acceptors (Lipinski definition) is 3. The minimum atomic E-state index is -0.823. The van der Waals surface area contributed by atoms with E-state index in [1.807, 2.05) is 30.5 Å². The van der Waals surface area contributed by atoms with Gasteiger partial charge < -0.3 is 20.8 Å². The third-order valence-electron chi connectivity index (χ3n) is 3.68. The lowest BCUT2D eigenvalue weighted by Gasteiger charge is -2.31. The molecular formula is C14H17N3O2.